The molecule has 0 saturated heterocycles. The zero-order chi connectivity index (χ0) is 16.5. The standard InChI is InChI=1S/C19H17N3O2/c1-13-16(12-20-22(13)14-6-3-2-4-7-14)15-8-5-9-17-19(15)24-11-10-18(23)21-17/h2-9,12H,10-11H2,1H3,(H,21,23). The largest absolute Gasteiger partial charge is 0.490 e. The average molecular weight is 319 g/mol. The smallest absolute Gasteiger partial charge is 0.227 e. The Hall–Kier alpha value is -3.08. The van der Waals surface area contributed by atoms with Gasteiger partial charge in [-0.25, -0.2) is 4.68 Å². The van der Waals surface area contributed by atoms with E-state index >= 15 is 0 Å². The number of nitrogens with zero attached hydrogens (tertiary/aromatic N) is 2. The third kappa shape index (κ3) is 2.44. The van der Waals surface area contributed by atoms with Gasteiger partial charge in [0.15, 0.2) is 5.75 Å². The third-order valence-corrected chi connectivity index (χ3v) is 4.17. The second kappa shape index (κ2) is 5.85. The normalized spacial score (nSPS) is 13.6. The number of anilines is 1. The molecule has 0 atom stereocenters. The molecule has 0 aliphatic carbocycles. The molecule has 1 aromatic heterocycles. The van der Waals surface area contributed by atoms with Gasteiger partial charge in [-0.15, -0.1) is 0 Å². The second-order valence-electron chi connectivity index (χ2n) is 5.72. The molecule has 1 amide bonds. The van der Waals surface area contributed by atoms with Gasteiger partial charge < -0.3 is 10.1 Å². The van der Waals surface area contributed by atoms with Crippen molar-refractivity contribution in [2.24, 2.45) is 0 Å². The van der Waals surface area contributed by atoms with Gasteiger partial charge in [0.05, 0.1) is 30.6 Å². The number of para-hydroxylation sites is 2. The molecule has 120 valence electrons. The number of rotatable bonds is 2. The highest BCUT2D eigenvalue weighted by atomic mass is 16.5. The van der Waals surface area contributed by atoms with E-state index < -0.39 is 0 Å². The molecule has 3 aromatic rings. The molecule has 0 radical (unpaired) electrons. The molecule has 24 heavy (non-hydrogen) atoms. The molecule has 0 saturated carbocycles. The monoisotopic (exact) mass is 319 g/mol. The molecular formula is C19H17N3O2. The van der Waals surface area contributed by atoms with Gasteiger partial charge in [-0.3, -0.25) is 4.79 Å². The fourth-order valence-electron chi connectivity index (χ4n) is 2.97. The van der Waals surface area contributed by atoms with Gasteiger partial charge in [0.2, 0.25) is 5.91 Å². The lowest BCUT2D eigenvalue weighted by Gasteiger charge is -2.12. The summed E-state index contributed by atoms with van der Waals surface area (Å²) in [6.45, 7) is 2.41. The molecule has 2 heterocycles. The minimum absolute atomic E-state index is 0.0254. The Morgan fingerprint density at radius 3 is 2.75 bits per heavy atom. The van der Waals surface area contributed by atoms with Crippen LogP contribution in [0.25, 0.3) is 16.8 Å². The first kappa shape index (κ1) is 14.5. The number of carbonyl (C=O) groups is 1. The fraction of sp³-hybridized carbons (Fsp3) is 0.158. The van der Waals surface area contributed by atoms with Gasteiger partial charge in [0.25, 0.3) is 0 Å². The summed E-state index contributed by atoms with van der Waals surface area (Å²) in [4.78, 5) is 11.7. The fourth-order valence-corrected chi connectivity index (χ4v) is 2.97. The summed E-state index contributed by atoms with van der Waals surface area (Å²) in [7, 11) is 0. The van der Waals surface area contributed by atoms with Gasteiger partial charge in [-0.2, -0.15) is 5.10 Å². The van der Waals surface area contributed by atoms with Crippen LogP contribution in [-0.4, -0.2) is 22.3 Å². The van der Waals surface area contributed by atoms with E-state index in [4.69, 9.17) is 4.74 Å². The number of nitrogens with one attached hydrogen (secondary N) is 1. The number of hydrogen-bond donors (Lipinski definition) is 1. The Balaban J connectivity index is 1.82. The maximum absolute atomic E-state index is 11.7. The summed E-state index contributed by atoms with van der Waals surface area (Å²) >= 11 is 0. The van der Waals surface area contributed by atoms with Crippen molar-refractivity contribution in [2.45, 2.75) is 13.3 Å². The molecule has 1 aliphatic heterocycles. The van der Waals surface area contributed by atoms with Crippen molar-refractivity contribution >= 4 is 11.6 Å². The van der Waals surface area contributed by atoms with Crippen molar-refractivity contribution in [2.75, 3.05) is 11.9 Å². The third-order valence-electron chi connectivity index (χ3n) is 4.17. The first-order valence-corrected chi connectivity index (χ1v) is 7.90. The lowest BCUT2D eigenvalue weighted by atomic mass is 10.0. The van der Waals surface area contributed by atoms with Crippen LogP contribution in [-0.2, 0) is 4.79 Å². The summed E-state index contributed by atoms with van der Waals surface area (Å²) < 4.78 is 7.76. The van der Waals surface area contributed by atoms with Crippen LogP contribution >= 0.6 is 0 Å². The zero-order valence-corrected chi connectivity index (χ0v) is 13.3. The molecule has 0 bridgehead atoms. The van der Waals surface area contributed by atoms with E-state index in [1.165, 1.54) is 0 Å². The van der Waals surface area contributed by atoms with Gasteiger partial charge in [0, 0.05) is 16.8 Å². The van der Waals surface area contributed by atoms with Gasteiger partial charge in [-0.1, -0.05) is 30.3 Å². The van der Waals surface area contributed by atoms with E-state index in [1.807, 2.05) is 66.3 Å². The minimum atomic E-state index is -0.0254. The van der Waals surface area contributed by atoms with Crippen molar-refractivity contribution in [1.29, 1.82) is 0 Å². The number of ether oxygens (including phenoxy) is 1. The molecule has 0 fully saturated rings. The maximum Gasteiger partial charge on any atom is 0.227 e. The lowest BCUT2D eigenvalue weighted by Crippen LogP contribution is -2.10. The van der Waals surface area contributed by atoms with Crippen LogP contribution < -0.4 is 10.1 Å². The van der Waals surface area contributed by atoms with E-state index in [9.17, 15) is 4.79 Å². The molecule has 1 aliphatic rings. The molecule has 4 rings (SSSR count). The summed E-state index contributed by atoms with van der Waals surface area (Å²) in [5.74, 6) is 0.682. The van der Waals surface area contributed by atoms with Crippen LogP contribution in [0.2, 0.25) is 0 Å². The number of benzene rings is 2. The van der Waals surface area contributed by atoms with Crippen LogP contribution in [0.3, 0.4) is 0 Å². The Labute approximate surface area is 139 Å². The summed E-state index contributed by atoms with van der Waals surface area (Å²) in [6.07, 6.45) is 2.20. The Morgan fingerprint density at radius 1 is 1.08 bits per heavy atom. The Bertz CT molecular complexity index is 900. The first-order chi connectivity index (χ1) is 11.7. The quantitative estimate of drug-likeness (QED) is 0.785. The maximum atomic E-state index is 11.7. The molecule has 1 N–H and O–H groups in total. The molecule has 2 aromatic carbocycles. The number of hydrogen-bond acceptors (Lipinski definition) is 3. The van der Waals surface area contributed by atoms with Crippen LogP contribution in [0.4, 0.5) is 5.69 Å². The number of fused-ring (bicyclic) bond motifs is 1. The highest BCUT2D eigenvalue weighted by molar-refractivity contribution is 5.95. The summed E-state index contributed by atoms with van der Waals surface area (Å²) in [5.41, 5.74) is 4.68. The van der Waals surface area contributed by atoms with E-state index in [1.54, 1.807) is 0 Å². The van der Waals surface area contributed by atoms with Gasteiger partial charge in [0.1, 0.15) is 0 Å². The summed E-state index contributed by atoms with van der Waals surface area (Å²) in [6, 6.07) is 15.8. The average Bonchev–Trinajstić information content (AvgIpc) is 2.86. The van der Waals surface area contributed by atoms with E-state index in [2.05, 4.69) is 10.4 Å². The van der Waals surface area contributed by atoms with E-state index in [0.717, 1.165) is 22.5 Å². The summed E-state index contributed by atoms with van der Waals surface area (Å²) in [5, 5.41) is 7.42. The van der Waals surface area contributed by atoms with Gasteiger partial charge >= 0.3 is 0 Å². The number of carbonyl (C=O) groups excluding carboxylic acids is 1. The molecule has 0 spiro atoms. The minimum Gasteiger partial charge on any atom is -0.490 e. The predicted octanol–water partition coefficient (Wildman–Crippen LogP) is 3.57. The zero-order valence-electron chi connectivity index (χ0n) is 13.3. The Morgan fingerprint density at radius 2 is 1.92 bits per heavy atom. The first-order valence-electron chi connectivity index (χ1n) is 7.90. The van der Waals surface area contributed by atoms with E-state index in [0.29, 0.717) is 24.5 Å². The predicted molar refractivity (Wildman–Crippen MR) is 92.5 cm³/mol. The highest BCUT2D eigenvalue weighted by Crippen LogP contribution is 2.39. The molecule has 5 heteroatoms. The van der Waals surface area contributed by atoms with Crippen molar-refractivity contribution in [3.05, 3.63) is 60.4 Å². The highest BCUT2D eigenvalue weighted by Gasteiger charge is 2.20. The van der Waals surface area contributed by atoms with Crippen molar-refractivity contribution < 1.29 is 9.53 Å². The van der Waals surface area contributed by atoms with Crippen LogP contribution in [0.15, 0.2) is 54.7 Å². The number of aromatic nitrogens is 2. The van der Waals surface area contributed by atoms with E-state index in [-0.39, 0.29) is 5.91 Å². The molecule has 0 unspecified atom stereocenters. The van der Waals surface area contributed by atoms with Crippen molar-refractivity contribution in [3.63, 3.8) is 0 Å². The topological polar surface area (TPSA) is 56.1 Å². The van der Waals surface area contributed by atoms with Gasteiger partial charge in [-0.05, 0) is 25.1 Å². The Kier molecular flexibility index (Phi) is 3.54. The lowest BCUT2D eigenvalue weighted by molar-refractivity contribution is -0.116. The number of amides is 1. The van der Waals surface area contributed by atoms with Crippen molar-refractivity contribution in [1.82, 2.24) is 9.78 Å². The molecular weight excluding hydrogens is 302 g/mol. The van der Waals surface area contributed by atoms with Crippen LogP contribution in [0, 0.1) is 6.92 Å². The molecule has 5 nitrogen and oxygen atoms in total. The van der Waals surface area contributed by atoms with Crippen LogP contribution in [0.1, 0.15) is 12.1 Å². The van der Waals surface area contributed by atoms with Crippen LogP contribution in [0.5, 0.6) is 5.75 Å². The van der Waals surface area contributed by atoms with Crippen molar-refractivity contribution in [3.8, 4) is 22.6 Å². The SMILES string of the molecule is Cc1c(-c2cccc3c2OCCC(=O)N3)cnn1-c1ccccc1. The second-order valence-corrected chi connectivity index (χ2v) is 5.72.